The summed E-state index contributed by atoms with van der Waals surface area (Å²) < 4.78 is 10.7. The third kappa shape index (κ3) is 3.01. The number of aliphatic hydroxyl groups excluding tert-OH is 1. The van der Waals surface area contributed by atoms with Gasteiger partial charge in [-0.05, 0) is 11.4 Å². The average molecular weight is 281 g/mol. The summed E-state index contributed by atoms with van der Waals surface area (Å²) in [5.41, 5.74) is 0. The standard InChI is InChI=1S/C12H15N3O3S/c16-8-9-6-15(3-4-17-9)7-11-13-12(18-14-11)10-2-1-5-19-10/h1-2,5,9,16H,3-4,6-8H2. The molecule has 0 aliphatic carbocycles. The number of aliphatic hydroxyl groups is 1. The molecule has 1 N–H and O–H groups in total. The molecule has 0 amide bonds. The molecule has 0 aromatic carbocycles. The number of hydrogen-bond acceptors (Lipinski definition) is 7. The number of morpholine rings is 1. The molecular formula is C12H15N3O3S. The van der Waals surface area contributed by atoms with Crippen LogP contribution in [0.4, 0.5) is 0 Å². The van der Waals surface area contributed by atoms with Crippen LogP contribution in [0.15, 0.2) is 22.0 Å². The fraction of sp³-hybridized carbons (Fsp3) is 0.500. The second kappa shape index (κ2) is 5.79. The molecule has 2 aromatic rings. The summed E-state index contributed by atoms with van der Waals surface area (Å²) >= 11 is 1.58. The lowest BCUT2D eigenvalue weighted by Crippen LogP contribution is -2.43. The van der Waals surface area contributed by atoms with Crippen molar-refractivity contribution in [3.05, 3.63) is 23.3 Å². The summed E-state index contributed by atoms with van der Waals surface area (Å²) in [5, 5.41) is 15.1. The van der Waals surface area contributed by atoms with E-state index < -0.39 is 0 Å². The van der Waals surface area contributed by atoms with E-state index in [9.17, 15) is 0 Å². The second-order valence-electron chi connectivity index (χ2n) is 4.40. The van der Waals surface area contributed by atoms with E-state index in [1.165, 1.54) is 0 Å². The Labute approximate surface area is 114 Å². The normalized spacial score (nSPS) is 20.8. The van der Waals surface area contributed by atoms with Crippen molar-refractivity contribution < 1.29 is 14.4 Å². The van der Waals surface area contributed by atoms with Gasteiger partial charge in [-0.15, -0.1) is 11.3 Å². The van der Waals surface area contributed by atoms with Crippen LogP contribution in [-0.4, -0.2) is 52.6 Å². The minimum atomic E-state index is -0.114. The van der Waals surface area contributed by atoms with Crippen molar-refractivity contribution in [1.82, 2.24) is 15.0 Å². The van der Waals surface area contributed by atoms with E-state index in [2.05, 4.69) is 15.0 Å². The summed E-state index contributed by atoms with van der Waals surface area (Å²) in [4.78, 5) is 7.53. The summed E-state index contributed by atoms with van der Waals surface area (Å²) in [7, 11) is 0. The maximum absolute atomic E-state index is 9.10. The minimum absolute atomic E-state index is 0.0448. The van der Waals surface area contributed by atoms with Gasteiger partial charge in [0.1, 0.15) is 0 Å². The first-order valence-corrected chi connectivity index (χ1v) is 7.04. The quantitative estimate of drug-likeness (QED) is 0.901. The van der Waals surface area contributed by atoms with Crippen LogP contribution >= 0.6 is 11.3 Å². The fourth-order valence-electron chi connectivity index (χ4n) is 2.05. The van der Waals surface area contributed by atoms with Crippen LogP contribution in [0.3, 0.4) is 0 Å². The zero-order chi connectivity index (χ0) is 13.1. The van der Waals surface area contributed by atoms with Crippen LogP contribution in [0, 0.1) is 0 Å². The van der Waals surface area contributed by atoms with Crippen LogP contribution in [0.5, 0.6) is 0 Å². The molecule has 102 valence electrons. The Balaban J connectivity index is 1.64. The van der Waals surface area contributed by atoms with Crippen molar-refractivity contribution in [2.24, 2.45) is 0 Å². The SMILES string of the molecule is OCC1CN(Cc2noc(-c3cccs3)n2)CCO1. The second-order valence-corrected chi connectivity index (χ2v) is 5.35. The number of nitrogens with zero attached hydrogens (tertiary/aromatic N) is 3. The Morgan fingerprint density at radius 3 is 3.26 bits per heavy atom. The number of ether oxygens (including phenoxy) is 1. The highest BCUT2D eigenvalue weighted by atomic mass is 32.1. The molecule has 3 rings (SSSR count). The summed E-state index contributed by atoms with van der Waals surface area (Å²) in [6, 6.07) is 3.91. The van der Waals surface area contributed by atoms with Gasteiger partial charge in [-0.3, -0.25) is 4.90 Å². The van der Waals surface area contributed by atoms with E-state index in [-0.39, 0.29) is 12.7 Å². The molecule has 3 heterocycles. The highest BCUT2D eigenvalue weighted by Crippen LogP contribution is 2.22. The van der Waals surface area contributed by atoms with Crippen LogP contribution in [-0.2, 0) is 11.3 Å². The Morgan fingerprint density at radius 1 is 1.53 bits per heavy atom. The smallest absolute Gasteiger partial charge is 0.268 e. The van der Waals surface area contributed by atoms with Gasteiger partial charge < -0.3 is 14.4 Å². The van der Waals surface area contributed by atoms with Crippen molar-refractivity contribution in [2.45, 2.75) is 12.6 Å². The van der Waals surface area contributed by atoms with Crippen LogP contribution < -0.4 is 0 Å². The number of aromatic nitrogens is 2. The monoisotopic (exact) mass is 281 g/mol. The molecule has 0 saturated carbocycles. The number of rotatable bonds is 4. The lowest BCUT2D eigenvalue weighted by Gasteiger charge is -2.30. The molecule has 2 aromatic heterocycles. The molecule has 6 nitrogen and oxygen atoms in total. The van der Waals surface area contributed by atoms with Crippen molar-refractivity contribution >= 4 is 11.3 Å². The topological polar surface area (TPSA) is 71.6 Å². The summed E-state index contributed by atoms with van der Waals surface area (Å²) in [6.45, 7) is 2.80. The van der Waals surface area contributed by atoms with E-state index >= 15 is 0 Å². The molecule has 1 atom stereocenters. The van der Waals surface area contributed by atoms with Gasteiger partial charge in [0, 0.05) is 13.1 Å². The third-order valence-corrected chi connectivity index (χ3v) is 3.85. The Bertz CT molecular complexity index is 514. The van der Waals surface area contributed by atoms with Crippen molar-refractivity contribution in [1.29, 1.82) is 0 Å². The van der Waals surface area contributed by atoms with Crippen LogP contribution in [0.1, 0.15) is 5.82 Å². The van der Waals surface area contributed by atoms with E-state index in [1.54, 1.807) is 11.3 Å². The predicted molar refractivity (Wildman–Crippen MR) is 69.7 cm³/mol. The predicted octanol–water partition coefficient (Wildman–Crippen LogP) is 0.991. The number of hydrogen-bond donors (Lipinski definition) is 1. The maximum atomic E-state index is 9.10. The van der Waals surface area contributed by atoms with Crippen molar-refractivity contribution in [2.75, 3.05) is 26.3 Å². The molecule has 0 bridgehead atoms. The maximum Gasteiger partial charge on any atom is 0.268 e. The molecule has 19 heavy (non-hydrogen) atoms. The van der Waals surface area contributed by atoms with Gasteiger partial charge >= 0.3 is 0 Å². The lowest BCUT2D eigenvalue weighted by molar-refractivity contribution is -0.0558. The van der Waals surface area contributed by atoms with Crippen LogP contribution in [0.25, 0.3) is 10.8 Å². The molecule has 0 radical (unpaired) electrons. The van der Waals surface area contributed by atoms with Gasteiger partial charge in [0.15, 0.2) is 5.82 Å². The summed E-state index contributed by atoms with van der Waals surface area (Å²) in [6.07, 6.45) is -0.114. The van der Waals surface area contributed by atoms with E-state index in [0.717, 1.165) is 11.4 Å². The highest BCUT2D eigenvalue weighted by molar-refractivity contribution is 7.13. The molecule has 1 fully saturated rings. The van der Waals surface area contributed by atoms with Crippen LogP contribution in [0.2, 0.25) is 0 Å². The first-order valence-electron chi connectivity index (χ1n) is 6.16. The van der Waals surface area contributed by atoms with Crippen molar-refractivity contribution in [3.63, 3.8) is 0 Å². The van der Waals surface area contributed by atoms with Gasteiger partial charge in [0.2, 0.25) is 0 Å². The molecule has 7 heteroatoms. The highest BCUT2D eigenvalue weighted by Gasteiger charge is 2.21. The Kier molecular flexibility index (Phi) is 3.88. The lowest BCUT2D eigenvalue weighted by atomic mass is 10.3. The van der Waals surface area contributed by atoms with Gasteiger partial charge in [0.05, 0.1) is 30.7 Å². The fourth-order valence-corrected chi connectivity index (χ4v) is 2.70. The Hall–Kier alpha value is -1.28. The average Bonchev–Trinajstić information content (AvgIpc) is 3.09. The van der Waals surface area contributed by atoms with E-state index in [0.29, 0.717) is 31.4 Å². The molecule has 1 saturated heterocycles. The zero-order valence-corrected chi connectivity index (χ0v) is 11.2. The first-order chi connectivity index (χ1) is 9.35. The molecule has 1 unspecified atom stereocenters. The Morgan fingerprint density at radius 2 is 2.47 bits per heavy atom. The van der Waals surface area contributed by atoms with E-state index in [4.69, 9.17) is 14.4 Å². The van der Waals surface area contributed by atoms with Gasteiger partial charge in [-0.25, -0.2) is 0 Å². The summed E-state index contributed by atoms with van der Waals surface area (Å²) in [5.74, 6) is 1.24. The molecule has 0 spiro atoms. The number of thiophene rings is 1. The van der Waals surface area contributed by atoms with E-state index in [1.807, 2.05) is 17.5 Å². The largest absolute Gasteiger partial charge is 0.394 e. The van der Waals surface area contributed by atoms with Gasteiger partial charge in [-0.1, -0.05) is 11.2 Å². The first kappa shape index (κ1) is 12.7. The minimum Gasteiger partial charge on any atom is -0.394 e. The zero-order valence-electron chi connectivity index (χ0n) is 10.4. The molecule has 1 aliphatic heterocycles. The van der Waals surface area contributed by atoms with Crippen molar-refractivity contribution in [3.8, 4) is 10.8 Å². The molecular weight excluding hydrogens is 266 g/mol. The van der Waals surface area contributed by atoms with Gasteiger partial charge in [0.25, 0.3) is 5.89 Å². The third-order valence-electron chi connectivity index (χ3n) is 2.99. The van der Waals surface area contributed by atoms with Gasteiger partial charge in [-0.2, -0.15) is 4.98 Å². The molecule has 1 aliphatic rings.